The zero-order valence-corrected chi connectivity index (χ0v) is 12.9. The van der Waals surface area contributed by atoms with Crippen LogP contribution in [0.1, 0.15) is 0 Å². The number of nitrogens with two attached hydrogens (primary N) is 1. The van der Waals surface area contributed by atoms with Crippen LogP contribution in [0.25, 0.3) is 22.4 Å². The highest BCUT2D eigenvalue weighted by Gasteiger charge is 2.17. The van der Waals surface area contributed by atoms with E-state index in [0.717, 1.165) is 26.9 Å². The lowest BCUT2D eigenvalue weighted by Crippen LogP contribution is -1.89. The zero-order chi connectivity index (χ0) is 14.8. The van der Waals surface area contributed by atoms with Crippen molar-refractivity contribution in [2.24, 2.45) is 0 Å². The van der Waals surface area contributed by atoms with E-state index in [1.54, 1.807) is 7.11 Å². The van der Waals surface area contributed by atoms with Gasteiger partial charge in [-0.3, -0.25) is 0 Å². The molecule has 1 aromatic heterocycles. The van der Waals surface area contributed by atoms with E-state index in [-0.39, 0.29) is 0 Å². The van der Waals surface area contributed by atoms with Crippen LogP contribution in [-0.2, 0) is 0 Å². The summed E-state index contributed by atoms with van der Waals surface area (Å²) in [6, 6.07) is 15.5. The number of benzene rings is 2. The molecule has 0 aliphatic heterocycles. The fraction of sp³-hybridized carbons (Fsp3) is 0.0625. The molecule has 0 radical (unpaired) electrons. The predicted octanol–water partition coefficient (Wildman–Crippen LogP) is 4.36. The molecule has 0 spiro atoms. The Morgan fingerprint density at radius 1 is 1.10 bits per heavy atom. The number of ether oxygens (including phenoxy) is 1. The van der Waals surface area contributed by atoms with Crippen LogP contribution in [0, 0.1) is 0 Å². The summed E-state index contributed by atoms with van der Waals surface area (Å²) in [4.78, 5) is 0. The van der Waals surface area contributed by atoms with Crippen molar-refractivity contribution in [3.05, 3.63) is 53.0 Å². The molecule has 0 aliphatic carbocycles. The van der Waals surface area contributed by atoms with Crippen molar-refractivity contribution in [3.8, 4) is 28.1 Å². The number of rotatable bonds is 3. The first kappa shape index (κ1) is 13.7. The maximum Gasteiger partial charge on any atom is 0.230 e. The standard InChI is InChI=1S/C16H13BrN2O2/c1-20-13-4-2-3-11(9-13)14-15(19-21-16(14)18)10-5-7-12(17)8-6-10/h2-9H,18H2,1H3. The summed E-state index contributed by atoms with van der Waals surface area (Å²) in [6.07, 6.45) is 0. The maximum atomic E-state index is 5.95. The van der Waals surface area contributed by atoms with Crippen LogP contribution in [0.3, 0.4) is 0 Å². The molecule has 1 heterocycles. The number of nitrogens with zero attached hydrogens (tertiary/aromatic N) is 1. The number of aromatic nitrogens is 1. The van der Waals surface area contributed by atoms with E-state index in [1.807, 2.05) is 48.5 Å². The molecule has 3 rings (SSSR count). The van der Waals surface area contributed by atoms with Gasteiger partial charge in [-0.25, -0.2) is 0 Å². The molecule has 0 bridgehead atoms. The van der Waals surface area contributed by atoms with Gasteiger partial charge in [-0.15, -0.1) is 0 Å². The van der Waals surface area contributed by atoms with Crippen molar-refractivity contribution >= 4 is 21.8 Å². The number of anilines is 1. The SMILES string of the molecule is COc1cccc(-c2c(-c3ccc(Br)cc3)noc2N)c1. The summed E-state index contributed by atoms with van der Waals surface area (Å²) in [6.45, 7) is 0. The Morgan fingerprint density at radius 3 is 2.57 bits per heavy atom. The van der Waals surface area contributed by atoms with Gasteiger partial charge in [-0.1, -0.05) is 45.4 Å². The molecule has 0 aliphatic rings. The normalized spacial score (nSPS) is 10.6. The molecule has 0 saturated heterocycles. The Balaban J connectivity index is 2.14. The first-order valence-corrected chi connectivity index (χ1v) is 7.14. The van der Waals surface area contributed by atoms with Crippen molar-refractivity contribution in [2.45, 2.75) is 0 Å². The molecule has 5 heteroatoms. The first-order valence-electron chi connectivity index (χ1n) is 6.34. The van der Waals surface area contributed by atoms with Gasteiger partial charge >= 0.3 is 0 Å². The lowest BCUT2D eigenvalue weighted by molar-refractivity contribution is 0.415. The van der Waals surface area contributed by atoms with Gasteiger partial charge in [0.15, 0.2) is 0 Å². The average molecular weight is 345 g/mol. The molecular weight excluding hydrogens is 332 g/mol. The maximum absolute atomic E-state index is 5.95. The molecule has 2 N–H and O–H groups in total. The Bertz CT molecular complexity index is 766. The Kier molecular flexibility index (Phi) is 3.66. The number of methoxy groups -OCH3 is 1. The van der Waals surface area contributed by atoms with Gasteiger partial charge in [0.05, 0.1) is 12.7 Å². The molecular formula is C16H13BrN2O2. The minimum Gasteiger partial charge on any atom is -0.497 e. The molecule has 0 amide bonds. The van der Waals surface area contributed by atoms with Crippen LogP contribution in [0.2, 0.25) is 0 Å². The smallest absolute Gasteiger partial charge is 0.230 e. The average Bonchev–Trinajstić information content (AvgIpc) is 2.90. The second-order valence-corrected chi connectivity index (χ2v) is 5.42. The second kappa shape index (κ2) is 5.61. The van der Waals surface area contributed by atoms with Crippen molar-refractivity contribution in [1.82, 2.24) is 5.16 Å². The van der Waals surface area contributed by atoms with Crippen LogP contribution in [0.15, 0.2) is 57.5 Å². The van der Waals surface area contributed by atoms with Gasteiger partial charge < -0.3 is 15.0 Å². The molecule has 3 aromatic rings. The molecule has 4 nitrogen and oxygen atoms in total. The molecule has 106 valence electrons. The van der Waals surface area contributed by atoms with E-state index in [9.17, 15) is 0 Å². The van der Waals surface area contributed by atoms with Crippen LogP contribution < -0.4 is 10.5 Å². The minimum absolute atomic E-state index is 0.293. The third kappa shape index (κ3) is 2.64. The van der Waals surface area contributed by atoms with Gasteiger partial charge in [-0.05, 0) is 29.8 Å². The lowest BCUT2D eigenvalue weighted by atomic mass is 10.0. The number of hydrogen-bond acceptors (Lipinski definition) is 4. The third-order valence-electron chi connectivity index (χ3n) is 3.19. The van der Waals surface area contributed by atoms with Gasteiger partial charge in [-0.2, -0.15) is 0 Å². The third-order valence-corrected chi connectivity index (χ3v) is 3.72. The summed E-state index contributed by atoms with van der Waals surface area (Å²) in [5, 5.41) is 4.09. The van der Waals surface area contributed by atoms with Crippen LogP contribution in [-0.4, -0.2) is 12.3 Å². The van der Waals surface area contributed by atoms with Crippen molar-refractivity contribution in [3.63, 3.8) is 0 Å². The van der Waals surface area contributed by atoms with E-state index in [4.69, 9.17) is 15.0 Å². The monoisotopic (exact) mass is 344 g/mol. The Hall–Kier alpha value is -2.27. The van der Waals surface area contributed by atoms with Gasteiger partial charge in [0.1, 0.15) is 11.4 Å². The lowest BCUT2D eigenvalue weighted by Gasteiger charge is -2.05. The summed E-state index contributed by atoms with van der Waals surface area (Å²) in [5.41, 5.74) is 9.29. The highest BCUT2D eigenvalue weighted by atomic mass is 79.9. The highest BCUT2D eigenvalue weighted by Crippen LogP contribution is 2.37. The first-order chi connectivity index (χ1) is 10.2. The fourth-order valence-corrected chi connectivity index (χ4v) is 2.43. The van der Waals surface area contributed by atoms with Gasteiger partial charge in [0, 0.05) is 10.0 Å². The summed E-state index contributed by atoms with van der Waals surface area (Å²) >= 11 is 3.42. The molecule has 0 atom stereocenters. The quantitative estimate of drug-likeness (QED) is 0.766. The van der Waals surface area contributed by atoms with Gasteiger partial charge in [0.2, 0.25) is 5.88 Å². The van der Waals surface area contributed by atoms with Crippen molar-refractivity contribution in [2.75, 3.05) is 12.8 Å². The minimum atomic E-state index is 0.293. The van der Waals surface area contributed by atoms with Crippen LogP contribution in [0.5, 0.6) is 5.75 Å². The van der Waals surface area contributed by atoms with Gasteiger partial charge in [0.25, 0.3) is 0 Å². The topological polar surface area (TPSA) is 61.3 Å². The van der Waals surface area contributed by atoms with E-state index in [2.05, 4.69) is 21.1 Å². The fourth-order valence-electron chi connectivity index (χ4n) is 2.17. The number of hydrogen-bond donors (Lipinski definition) is 1. The molecule has 2 aromatic carbocycles. The Morgan fingerprint density at radius 2 is 1.86 bits per heavy atom. The highest BCUT2D eigenvalue weighted by molar-refractivity contribution is 9.10. The molecule has 0 fully saturated rings. The van der Waals surface area contributed by atoms with E-state index >= 15 is 0 Å². The van der Waals surface area contributed by atoms with E-state index in [1.165, 1.54) is 0 Å². The van der Waals surface area contributed by atoms with E-state index < -0.39 is 0 Å². The zero-order valence-electron chi connectivity index (χ0n) is 11.3. The predicted molar refractivity (Wildman–Crippen MR) is 86.0 cm³/mol. The Labute approximate surface area is 130 Å². The van der Waals surface area contributed by atoms with Crippen LogP contribution in [0.4, 0.5) is 5.88 Å². The second-order valence-electron chi connectivity index (χ2n) is 4.51. The molecule has 0 unspecified atom stereocenters. The summed E-state index contributed by atoms with van der Waals surface area (Å²) in [7, 11) is 1.63. The summed E-state index contributed by atoms with van der Waals surface area (Å²) < 4.78 is 11.4. The van der Waals surface area contributed by atoms with Crippen LogP contribution >= 0.6 is 15.9 Å². The molecule has 21 heavy (non-hydrogen) atoms. The summed E-state index contributed by atoms with van der Waals surface area (Å²) in [5.74, 6) is 1.05. The largest absolute Gasteiger partial charge is 0.497 e. The van der Waals surface area contributed by atoms with Crippen molar-refractivity contribution < 1.29 is 9.26 Å². The molecule has 0 saturated carbocycles. The van der Waals surface area contributed by atoms with Crippen molar-refractivity contribution in [1.29, 1.82) is 0 Å². The number of halogens is 1. The number of nitrogen functional groups attached to an aromatic ring is 1. The van der Waals surface area contributed by atoms with E-state index in [0.29, 0.717) is 11.6 Å².